The number of rotatable bonds is 7. The Balaban J connectivity index is 1.34. The molecule has 33 heavy (non-hydrogen) atoms. The Labute approximate surface area is 203 Å². The second kappa shape index (κ2) is 9.88. The minimum Gasteiger partial charge on any atom is -0.377 e. The van der Waals surface area contributed by atoms with Gasteiger partial charge in [-0.05, 0) is 113 Å². The molecular weight excluding hydrogens is 406 g/mol. The molecule has 0 N–H and O–H groups in total. The fraction of sp³-hybridized carbons (Fsp3) is 0.833. The molecular formula is C30H49NO2. The summed E-state index contributed by atoms with van der Waals surface area (Å²) in [6, 6.07) is 0.469. The second-order valence-electron chi connectivity index (χ2n) is 12.7. The molecule has 0 bridgehead atoms. The van der Waals surface area contributed by atoms with Gasteiger partial charge in [-0.25, -0.2) is 0 Å². The summed E-state index contributed by atoms with van der Waals surface area (Å²) >= 11 is 0. The lowest BCUT2D eigenvalue weighted by molar-refractivity contribution is -0.158. The molecule has 186 valence electrons. The SMILES string of the molecule is CC(C)=CCC/C(C)=C/COCC1CC[C@H]2[C@@H]3CCC4N(C)C(=O)CC[C@]4(C)[C@@H]3CC[C@]12C. The number of amides is 1. The van der Waals surface area contributed by atoms with E-state index in [-0.39, 0.29) is 0 Å². The zero-order valence-corrected chi connectivity index (χ0v) is 22.3. The van der Waals surface area contributed by atoms with Crippen LogP contribution in [-0.2, 0) is 9.53 Å². The van der Waals surface area contributed by atoms with E-state index in [1.807, 2.05) is 0 Å². The smallest absolute Gasteiger partial charge is 0.222 e. The molecule has 0 spiro atoms. The first-order valence-electron chi connectivity index (χ1n) is 13.8. The lowest BCUT2D eigenvalue weighted by Gasteiger charge is -2.61. The van der Waals surface area contributed by atoms with Crippen LogP contribution >= 0.6 is 0 Å². The zero-order valence-electron chi connectivity index (χ0n) is 22.3. The third kappa shape index (κ3) is 4.73. The first-order valence-corrected chi connectivity index (χ1v) is 13.8. The average molecular weight is 456 g/mol. The van der Waals surface area contributed by atoms with E-state index < -0.39 is 0 Å². The molecule has 3 saturated carbocycles. The Bertz CT molecular complexity index is 780. The maximum Gasteiger partial charge on any atom is 0.222 e. The van der Waals surface area contributed by atoms with Crippen molar-refractivity contribution in [2.75, 3.05) is 20.3 Å². The summed E-state index contributed by atoms with van der Waals surface area (Å²) in [5, 5.41) is 0. The van der Waals surface area contributed by atoms with Crippen molar-refractivity contribution in [3.8, 4) is 0 Å². The topological polar surface area (TPSA) is 29.5 Å². The Morgan fingerprint density at radius 1 is 1.00 bits per heavy atom. The Morgan fingerprint density at radius 2 is 1.76 bits per heavy atom. The van der Waals surface area contributed by atoms with Gasteiger partial charge in [0.1, 0.15) is 0 Å². The molecule has 0 aromatic heterocycles. The van der Waals surface area contributed by atoms with Crippen LogP contribution in [0.2, 0.25) is 0 Å². The molecule has 4 fully saturated rings. The monoisotopic (exact) mass is 455 g/mol. The van der Waals surface area contributed by atoms with Crippen molar-refractivity contribution in [1.82, 2.24) is 4.90 Å². The van der Waals surface area contributed by atoms with Crippen molar-refractivity contribution < 1.29 is 9.53 Å². The summed E-state index contributed by atoms with van der Waals surface area (Å²) in [6.45, 7) is 13.4. The number of piperidine rings is 1. The molecule has 0 radical (unpaired) electrons. The van der Waals surface area contributed by atoms with E-state index in [2.05, 4.69) is 58.7 Å². The predicted octanol–water partition coefficient (Wildman–Crippen LogP) is 7.18. The maximum absolute atomic E-state index is 12.4. The molecule has 0 aromatic rings. The average Bonchev–Trinajstić information content (AvgIpc) is 3.10. The first-order chi connectivity index (χ1) is 15.7. The molecule has 4 rings (SSSR count). The highest BCUT2D eigenvalue weighted by Gasteiger charge is 2.61. The van der Waals surface area contributed by atoms with Crippen molar-refractivity contribution >= 4 is 5.91 Å². The number of nitrogens with zero attached hydrogens (tertiary/aromatic N) is 1. The molecule has 3 heteroatoms. The van der Waals surface area contributed by atoms with Crippen LogP contribution in [0.4, 0.5) is 0 Å². The number of hydrogen-bond acceptors (Lipinski definition) is 2. The molecule has 3 nitrogen and oxygen atoms in total. The van der Waals surface area contributed by atoms with Crippen LogP contribution < -0.4 is 0 Å². The van der Waals surface area contributed by atoms with Crippen LogP contribution in [0.3, 0.4) is 0 Å². The van der Waals surface area contributed by atoms with Crippen LogP contribution in [-0.4, -0.2) is 37.1 Å². The van der Waals surface area contributed by atoms with Gasteiger partial charge in [-0.3, -0.25) is 4.79 Å². The number of hydrogen-bond donors (Lipinski definition) is 0. The van der Waals surface area contributed by atoms with Gasteiger partial charge in [0.15, 0.2) is 0 Å². The highest BCUT2D eigenvalue weighted by Crippen LogP contribution is 2.66. The van der Waals surface area contributed by atoms with Gasteiger partial charge in [-0.15, -0.1) is 0 Å². The molecule has 1 aliphatic heterocycles. The fourth-order valence-electron chi connectivity index (χ4n) is 8.64. The van der Waals surface area contributed by atoms with E-state index in [4.69, 9.17) is 4.74 Å². The highest BCUT2D eigenvalue weighted by atomic mass is 16.5. The van der Waals surface area contributed by atoms with Crippen LogP contribution in [0.5, 0.6) is 0 Å². The number of allylic oxidation sites excluding steroid dienone is 3. The Morgan fingerprint density at radius 3 is 2.52 bits per heavy atom. The first kappa shape index (κ1) is 25.0. The quantitative estimate of drug-likeness (QED) is 0.301. The van der Waals surface area contributed by atoms with Gasteiger partial charge < -0.3 is 9.64 Å². The zero-order chi connectivity index (χ0) is 23.8. The number of ether oxygens (including phenoxy) is 1. The molecule has 0 aromatic carbocycles. The van der Waals surface area contributed by atoms with Crippen LogP contribution in [0.1, 0.15) is 98.8 Å². The third-order valence-electron chi connectivity index (χ3n) is 10.7. The normalized spacial score (nSPS) is 40.8. The summed E-state index contributed by atoms with van der Waals surface area (Å²) in [6.07, 6.45) is 16.7. The van der Waals surface area contributed by atoms with Crippen molar-refractivity contribution in [1.29, 1.82) is 0 Å². The van der Waals surface area contributed by atoms with E-state index in [0.717, 1.165) is 56.7 Å². The van der Waals surface area contributed by atoms with Gasteiger partial charge in [0.05, 0.1) is 13.2 Å². The van der Waals surface area contributed by atoms with Crippen molar-refractivity contribution in [3.63, 3.8) is 0 Å². The molecule has 1 amide bonds. The number of likely N-dealkylation sites (tertiary alicyclic amines) is 1. The van der Waals surface area contributed by atoms with Crippen LogP contribution in [0, 0.1) is 34.5 Å². The minimum absolute atomic E-state index is 0.329. The lowest BCUT2D eigenvalue weighted by Crippen LogP contribution is -2.61. The second-order valence-corrected chi connectivity index (χ2v) is 12.7. The molecule has 4 aliphatic rings. The summed E-state index contributed by atoms with van der Waals surface area (Å²) in [7, 11) is 2.07. The summed E-state index contributed by atoms with van der Waals surface area (Å²) < 4.78 is 6.26. The molecule has 1 heterocycles. The molecule has 3 aliphatic carbocycles. The molecule has 2 unspecified atom stereocenters. The predicted molar refractivity (Wildman–Crippen MR) is 137 cm³/mol. The van der Waals surface area contributed by atoms with E-state index >= 15 is 0 Å². The van der Waals surface area contributed by atoms with Gasteiger partial charge in [-0.2, -0.15) is 0 Å². The minimum atomic E-state index is 0.329. The standard InChI is InChI=1S/C30H49NO2/c1-21(2)8-7-9-22(3)16-19-33-20-23-10-12-25-24-11-13-27-30(5,18-15-28(32)31(27)6)26(24)14-17-29(23,25)4/h8,16,23-27H,7,9-15,17-20H2,1-6H3/b22-16+/t23?,24-,25-,26+,27?,29+,30+/m0/s1. The number of fused-ring (bicyclic) bond motifs is 5. The van der Waals surface area contributed by atoms with Gasteiger partial charge in [-0.1, -0.05) is 37.1 Å². The fourth-order valence-corrected chi connectivity index (χ4v) is 8.64. The Hall–Kier alpha value is -1.09. The van der Waals surface area contributed by atoms with E-state index in [1.165, 1.54) is 49.7 Å². The van der Waals surface area contributed by atoms with Crippen molar-refractivity contribution in [3.05, 3.63) is 23.3 Å². The van der Waals surface area contributed by atoms with Gasteiger partial charge in [0.2, 0.25) is 5.91 Å². The van der Waals surface area contributed by atoms with Gasteiger partial charge in [0.25, 0.3) is 0 Å². The molecule has 7 atom stereocenters. The highest BCUT2D eigenvalue weighted by molar-refractivity contribution is 5.77. The molecule has 1 saturated heterocycles. The maximum atomic E-state index is 12.4. The van der Waals surface area contributed by atoms with Gasteiger partial charge in [0, 0.05) is 19.5 Å². The van der Waals surface area contributed by atoms with E-state index in [9.17, 15) is 4.79 Å². The number of carbonyl (C=O) groups excluding carboxylic acids is 1. The largest absolute Gasteiger partial charge is 0.377 e. The van der Waals surface area contributed by atoms with Crippen LogP contribution in [0.15, 0.2) is 23.3 Å². The Kier molecular flexibility index (Phi) is 7.49. The van der Waals surface area contributed by atoms with E-state index in [1.54, 1.807) is 0 Å². The van der Waals surface area contributed by atoms with Crippen LogP contribution in [0.25, 0.3) is 0 Å². The summed E-state index contributed by atoms with van der Waals surface area (Å²) in [4.78, 5) is 14.5. The third-order valence-corrected chi connectivity index (χ3v) is 10.7. The summed E-state index contributed by atoms with van der Waals surface area (Å²) in [5.74, 6) is 3.59. The van der Waals surface area contributed by atoms with Crippen molar-refractivity contribution in [2.45, 2.75) is 105 Å². The van der Waals surface area contributed by atoms with Gasteiger partial charge >= 0.3 is 0 Å². The number of carbonyl (C=O) groups is 1. The summed E-state index contributed by atoms with van der Waals surface area (Å²) in [5.41, 5.74) is 3.63. The van der Waals surface area contributed by atoms with Crippen molar-refractivity contribution in [2.24, 2.45) is 34.5 Å². The van der Waals surface area contributed by atoms with E-state index in [0.29, 0.717) is 28.7 Å². The lowest BCUT2D eigenvalue weighted by atomic mass is 9.47.